The van der Waals surface area contributed by atoms with Crippen molar-refractivity contribution in [3.63, 3.8) is 0 Å². The number of halogens is 1. The van der Waals surface area contributed by atoms with Crippen molar-refractivity contribution >= 4 is 32.8 Å². The zero-order valence-electron chi connectivity index (χ0n) is 14.3. The maximum atomic E-state index is 12.3. The summed E-state index contributed by atoms with van der Waals surface area (Å²) in [6.07, 6.45) is 0. The van der Waals surface area contributed by atoms with Crippen LogP contribution < -0.4 is 5.32 Å². The molecule has 3 aromatic rings. The lowest BCUT2D eigenvalue weighted by atomic mass is 10.2. The van der Waals surface area contributed by atoms with E-state index in [-0.39, 0.29) is 11.9 Å². The second kappa shape index (κ2) is 7.85. The predicted octanol–water partition coefficient (Wildman–Crippen LogP) is 4.50. The molecule has 0 bridgehead atoms. The van der Waals surface area contributed by atoms with Crippen molar-refractivity contribution in [2.75, 3.05) is 13.6 Å². The van der Waals surface area contributed by atoms with E-state index in [1.807, 2.05) is 61.3 Å². The Bertz CT molecular complexity index is 825. The molecule has 0 aliphatic rings. The lowest BCUT2D eigenvalue weighted by molar-refractivity contribution is -0.122. The first-order chi connectivity index (χ1) is 12.0. The number of likely N-dealkylation sites (N-methyl/N-ethyl adjacent to an activating group) is 1. The third-order valence-electron chi connectivity index (χ3n) is 4.03. The summed E-state index contributed by atoms with van der Waals surface area (Å²) >= 11 is 3.43. The summed E-state index contributed by atoms with van der Waals surface area (Å²) in [6.45, 7) is 2.99. The van der Waals surface area contributed by atoms with Crippen LogP contribution in [-0.2, 0) is 11.3 Å². The minimum atomic E-state index is -0.166. The van der Waals surface area contributed by atoms with Gasteiger partial charge in [0.2, 0.25) is 5.91 Å². The Morgan fingerprint density at radius 2 is 1.92 bits per heavy atom. The second-order valence-electron chi connectivity index (χ2n) is 6.27. The summed E-state index contributed by atoms with van der Waals surface area (Å²) in [6, 6.07) is 17.8. The maximum absolute atomic E-state index is 12.3. The first-order valence-corrected chi connectivity index (χ1v) is 9.01. The highest BCUT2D eigenvalue weighted by molar-refractivity contribution is 9.10. The van der Waals surface area contributed by atoms with Gasteiger partial charge in [0.25, 0.3) is 0 Å². The molecule has 1 amide bonds. The van der Waals surface area contributed by atoms with Crippen LogP contribution >= 0.6 is 15.9 Å². The SMILES string of the molecule is C[C@@H](NC(=O)CN(C)Cc1ccc(Br)cc1)c1cc2ccccc2o1. The van der Waals surface area contributed by atoms with Gasteiger partial charge in [0, 0.05) is 16.4 Å². The van der Waals surface area contributed by atoms with Crippen molar-refractivity contribution in [3.8, 4) is 0 Å². The molecule has 25 heavy (non-hydrogen) atoms. The standard InChI is InChI=1S/C20H21BrN2O2/c1-14(19-11-16-5-3-4-6-18(16)25-19)22-20(24)13-23(2)12-15-7-9-17(21)10-8-15/h3-11,14H,12-13H2,1-2H3,(H,22,24)/t14-/m1/s1. The Morgan fingerprint density at radius 1 is 1.20 bits per heavy atom. The molecule has 0 spiro atoms. The number of fused-ring (bicyclic) bond motifs is 1. The zero-order chi connectivity index (χ0) is 17.8. The number of para-hydroxylation sites is 1. The highest BCUT2D eigenvalue weighted by Crippen LogP contribution is 2.23. The van der Waals surface area contributed by atoms with Gasteiger partial charge in [-0.15, -0.1) is 0 Å². The molecule has 3 rings (SSSR count). The summed E-state index contributed by atoms with van der Waals surface area (Å²) in [4.78, 5) is 14.3. The lowest BCUT2D eigenvalue weighted by Crippen LogP contribution is -2.36. The molecule has 0 aliphatic carbocycles. The highest BCUT2D eigenvalue weighted by Gasteiger charge is 2.15. The molecule has 4 nitrogen and oxygen atoms in total. The average Bonchev–Trinajstić information content (AvgIpc) is 3.01. The molecule has 1 aromatic heterocycles. The molecule has 130 valence electrons. The van der Waals surface area contributed by atoms with E-state index >= 15 is 0 Å². The van der Waals surface area contributed by atoms with Crippen molar-refractivity contribution in [3.05, 3.63) is 70.4 Å². The summed E-state index contributed by atoms with van der Waals surface area (Å²) in [5.41, 5.74) is 2.01. The third-order valence-corrected chi connectivity index (χ3v) is 4.56. The van der Waals surface area contributed by atoms with Gasteiger partial charge in [0.1, 0.15) is 11.3 Å². The highest BCUT2D eigenvalue weighted by atomic mass is 79.9. The smallest absolute Gasteiger partial charge is 0.234 e. The van der Waals surface area contributed by atoms with Gasteiger partial charge in [-0.1, -0.05) is 46.3 Å². The Labute approximate surface area is 155 Å². The summed E-state index contributed by atoms with van der Waals surface area (Å²) in [7, 11) is 1.94. The number of benzene rings is 2. The topological polar surface area (TPSA) is 45.5 Å². The van der Waals surface area contributed by atoms with E-state index in [4.69, 9.17) is 4.42 Å². The van der Waals surface area contributed by atoms with Crippen molar-refractivity contribution in [2.45, 2.75) is 19.5 Å². The fourth-order valence-electron chi connectivity index (χ4n) is 2.78. The largest absolute Gasteiger partial charge is 0.459 e. The van der Waals surface area contributed by atoms with Crippen LogP contribution in [-0.4, -0.2) is 24.4 Å². The maximum Gasteiger partial charge on any atom is 0.234 e. The van der Waals surface area contributed by atoms with E-state index in [1.165, 1.54) is 5.56 Å². The van der Waals surface area contributed by atoms with Crippen LogP contribution in [0.3, 0.4) is 0 Å². The predicted molar refractivity (Wildman–Crippen MR) is 103 cm³/mol. The van der Waals surface area contributed by atoms with Crippen LogP contribution in [0.5, 0.6) is 0 Å². The number of carbonyl (C=O) groups is 1. The van der Waals surface area contributed by atoms with Gasteiger partial charge in [-0.3, -0.25) is 9.69 Å². The molecule has 2 aromatic carbocycles. The molecule has 0 fully saturated rings. The van der Waals surface area contributed by atoms with Gasteiger partial charge in [-0.05, 0) is 43.8 Å². The van der Waals surface area contributed by atoms with Crippen LogP contribution in [0, 0.1) is 0 Å². The quantitative estimate of drug-likeness (QED) is 0.662. The number of hydrogen-bond donors (Lipinski definition) is 1. The fourth-order valence-corrected chi connectivity index (χ4v) is 3.04. The number of carbonyl (C=O) groups excluding carboxylic acids is 1. The molecule has 1 N–H and O–H groups in total. The molecule has 0 unspecified atom stereocenters. The van der Waals surface area contributed by atoms with Gasteiger partial charge < -0.3 is 9.73 Å². The Balaban J connectivity index is 1.55. The van der Waals surface area contributed by atoms with Crippen LogP contribution in [0.15, 0.2) is 63.5 Å². The van der Waals surface area contributed by atoms with Crippen molar-refractivity contribution in [2.24, 2.45) is 0 Å². The Hall–Kier alpha value is -2.11. The first-order valence-electron chi connectivity index (χ1n) is 8.22. The molecule has 0 aliphatic heterocycles. The third kappa shape index (κ3) is 4.71. The number of nitrogens with one attached hydrogen (secondary N) is 1. The van der Waals surface area contributed by atoms with Gasteiger partial charge in [0.05, 0.1) is 12.6 Å². The minimum Gasteiger partial charge on any atom is -0.459 e. The molecule has 5 heteroatoms. The van der Waals surface area contributed by atoms with E-state index in [0.717, 1.165) is 27.7 Å². The molecule has 0 radical (unpaired) electrons. The molecular formula is C20H21BrN2O2. The summed E-state index contributed by atoms with van der Waals surface area (Å²) < 4.78 is 6.86. The molecule has 0 saturated carbocycles. The van der Waals surface area contributed by atoms with E-state index in [1.54, 1.807) is 0 Å². The van der Waals surface area contributed by atoms with E-state index < -0.39 is 0 Å². The van der Waals surface area contributed by atoms with Gasteiger partial charge in [-0.25, -0.2) is 0 Å². The van der Waals surface area contributed by atoms with Crippen LogP contribution in [0.1, 0.15) is 24.3 Å². The number of amides is 1. The number of nitrogens with zero attached hydrogens (tertiary/aromatic N) is 1. The van der Waals surface area contributed by atoms with Crippen LogP contribution in [0.2, 0.25) is 0 Å². The van der Waals surface area contributed by atoms with Gasteiger partial charge in [0.15, 0.2) is 0 Å². The minimum absolute atomic E-state index is 0.0208. The Kier molecular flexibility index (Phi) is 5.56. The number of rotatable bonds is 6. The Morgan fingerprint density at radius 3 is 2.64 bits per heavy atom. The van der Waals surface area contributed by atoms with E-state index in [2.05, 4.69) is 33.4 Å². The molecule has 1 atom stereocenters. The molecule has 1 heterocycles. The monoisotopic (exact) mass is 400 g/mol. The summed E-state index contributed by atoms with van der Waals surface area (Å²) in [5.74, 6) is 0.748. The lowest BCUT2D eigenvalue weighted by Gasteiger charge is -2.18. The van der Waals surface area contributed by atoms with Gasteiger partial charge >= 0.3 is 0 Å². The summed E-state index contributed by atoms with van der Waals surface area (Å²) in [5, 5.41) is 4.05. The van der Waals surface area contributed by atoms with Crippen molar-refractivity contribution in [1.82, 2.24) is 10.2 Å². The van der Waals surface area contributed by atoms with Crippen molar-refractivity contribution < 1.29 is 9.21 Å². The number of hydrogen-bond acceptors (Lipinski definition) is 3. The van der Waals surface area contributed by atoms with Crippen molar-refractivity contribution in [1.29, 1.82) is 0 Å². The first kappa shape index (κ1) is 17.7. The fraction of sp³-hybridized carbons (Fsp3) is 0.250. The molecule has 0 saturated heterocycles. The normalized spacial score (nSPS) is 12.5. The number of furan rings is 1. The van der Waals surface area contributed by atoms with Crippen LogP contribution in [0.4, 0.5) is 0 Å². The second-order valence-corrected chi connectivity index (χ2v) is 7.19. The zero-order valence-corrected chi connectivity index (χ0v) is 15.9. The van der Waals surface area contributed by atoms with Gasteiger partial charge in [-0.2, -0.15) is 0 Å². The van der Waals surface area contributed by atoms with E-state index in [0.29, 0.717) is 6.54 Å². The average molecular weight is 401 g/mol. The molecular weight excluding hydrogens is 380 g/mol. The van der Waals surface area contributed by atoms with Crippen LogP contribution in [0.25, 0.3) is 11.0 Å². The van der Waals surface area contributed by atoms with E-state index in [9.17, 15) is 4.79 Å².